The van der Waals surface area contributed by atoms with Crippen LogP contribution in [0.5, 0.6) is 0 Å². The van der Waals surface area contributed by atoms with Gasteiger partial charge in [0.05, 0.1) is 18.1 Å². The number of nitrogens with one attached hydrogen (secondary N) is 1. The number of piperidine rings is 1. The van der Waals surface area contributed by atoms with Crippen LogP contribution in [-0.2, 0) is 19.5 Å². The fourth-order valence-corrected chi connectivity index (χ4v) is 4.77. The fourth-order valence-electron chi connectivity index (χ4n) is 3.29. The van der Waals surface area contributed by atoms with Crippen molar-refractivity contribution in [3.05, 3.63) is 40.7 Å². The summed E-state index contributed by atoms with van der Waals surface area (Å²) in [7, 11) is -3.58. The number of hydrogen-bond donors (Lipinski definition) is 1. The van der Waals surface area contributed by atoms with Crippen molar-refractivity contribution in [2.75, 3.05) is 26.3 Å². The Morgan fingerprint density at radius 2 is 1.75 bits per heavy atom. The molecule has 0 bridgehead atoms. The minimum absolute atomic E-state index is 0.212. The zero-order chi connectivity index (χ0) is 16.8. The van der Waals surface area contributed by atoms with Gasteiger partial charge in [0.2, 0.25) is 15.6 Å². The van der Waals surface area contributed by atoms with E-state index in [0.717, 1.165) is 0 Å². The molecule has 1 N–H and O–H groups in total. The average Bonchev–Trinajstić information content (AvgIpc) is 3.02. The summed E-state index contributed by atoms with van der Waals surface area (Å²) in [4.78, 5) is 14.2. The highest BCUT2D eigenvalue weighted by molar-refractivity contribution is 7.89. The normalized spacial score (nSPS) is 21.5. The predicted molar refractivity (Wildman–Crippen MR) is 87.2 cm³/mol. The van der Waals surface area contributed by atoms with Crippen molar-refractivity contribution < 1.29 is 17.9 Å². The van der Waals surface area contributed by atoms with Gasteiger partial charge < -0.3 is 14.5 Å². The van der Waals surface area contributed by atoms with Gasteiger partial charge in [0.25, 0.3) is 0 Å². The summed E-state index contributed by atoms with van der Waals surface area (Å²) in [5, 5.41) is 0.687. The smallest absolute Gasteiger partial charge is 0.248 e. The Hall–Kier alpha value is -1.74. The SMILES string of the molecule is O=c1ccc2cc(S(=O)(=O)N3CCC4(CC3)OCCO4)ccc2[nH]1. The van der Waals surface area contributed by atoms with Crippen LogP contribution in [0.2, 0.25) is 0 Å². The number of aromatic nitrogens is 1. The number of pyridine rings is 1. The first-order valence-electron chi connectivity index (χ1n) is 7.90. The summed E-state index contributed by atoms with van der Waals surface area (Å²) in [6.45, 7) is 1.86. The number of sulfonamides is 1. The summed E-state index contributed by atoms with van der Waals surface area (Å²) in [6.07, 6.45) is 1.07. The number of benzene rings is 1. The van der Waals surface area contributed by atoms with Gasteiger partial charge in [-0.3, -0.25) is 4.79 Å². The Morgan fingerprint density at radius 3 is 2.46 bits per heavy atom. The molecule has 0 saturated carbocycles. The van der Waals surface area contributed by atoms with Crippen molar-refractivity contribution in [1.82, 2.24) is 9.29 Å². The molecule has 2 fully saturated rings. The lowest BCUT2D eigenvalue weighted by Crippen LogP contribution is -2.47. The van der Waals surface area contributed by atoms with Gasteiger partial charge in [-0.1, -0.05) is 0 Å². The topological polar surface area (TPSA) is 88.7 Å². The molecular formula is C16H18N2O5S. The summed E-state index contributed by atoms with van der Waals surface area (Å²) in [5.41, 5.74) is 0.405. The molecule has 4 rings (SSSR count). The van der Waals surface area contributed by atoms with Crippen molar-refractivity contribution in [2.24, 2.45) is 0 Å². The first-order chi connectivity index (χ1) is 11.5. The van der Waals surface area contributed by atoms with E-state index in [1.54, 1.807) is 18.2 Å². The molecular weight excluding hydrogens is 332 g/mol. The van der Waals surface area contributed by atoms with Crippen LogP contribution in [0.25, 0.3) is 10.9 Å². The summed E-state index contributed by atoms with van der Waals surface area (Å²) >= 11 is 0. The maximum Gasteiger partial charge on any atom is 0.248 e. The van der Waals surface area contributed by atoms with Gasteiger partial charge in [0, 0.05) is 37.5 Å². The second-order valence-corrected chi connectivity index (χ2v) is 8.02. The van der Waals surface area contributed by atoms with E-state index in [0.29, 0.717) is 50.0 Å². The number of ether oxygens (including phenoxy) is 2. The molecule has 0 radical (unpaired) electrons. The largest absolute Gasteiger partial charge is 0.347 e. The highest BCUT2D eigenvalue weighted by atomic mass is 32.2. The third-order valence-electron chi connectivity index (χ3n) is 4.63. The third-order valence-corrected chi connectivity index (χ3v) is 6.53. The van der Waals surface area contributed by atoms with E-state index in [9.17, 15) is 13.2 Å². The van der Waals surface area contributed by atoms with Gasteiger partial charge in [0.15, 0.2) is 5.79 Å². The molecule has 0 atom stereocenters. The van der Waals surface area contributed by atoms with Crippen LogP contribution in [0.4, 0.5) is 0 Å². The van der Waals surface area contributed by atoms with Gasteiger partial charge in [0.1, 0.15) is 0 Å². The number of rotatable bonds is 2. The number of nitrogens with zero attached hydrogens (tertiary/aromatic N) is 1. The molecule has 0 amide bonds. The lowest BCUT2D eigenvalue weighted by Gasteiger charge is -2.36. The Morgan fingerprint density at radius 1 is 1.04 bits per heavy atom. The lowest BCUT2D eigenvalue weighted by molar-refractivity contribution is -0.179. The molecule has 2 aliphatic rings. The molecule has 2 saturated heterocycles. The van der Waals surface area contributed by atoms with Crippen LogP contribution < -0.4 is 5.56 Å². The van der Waals surface area contributed by atoms with Crippen LogP contribution >= 0.6 is 0 Å². The Bertz CT molecular complexity index is 921. The van der Waals surface area contributed by atoms with Gasteiger partial charge in [-0.15, -0.1) is 0 Å². The van der Waals surface area contributed by atoms with Gasteiger partial charge in [-0.2, -0.15) is 4.31 Å². The van der Waals surface area contributed by atoms with Crippen molar-refractivity contribution in [1.29, 1.82) is 0 Å². The predicted octanol–water partition coefficient (Wildman–Crippen LogP) is 1.06. The first-order valence-corrected chi connectivity index (χ1v) is 9.34. The maximum absolute atomic E-state index is 12.9. The van der Waals surface area contributed by atoms with Crippen LogP contribution in [0, 0.1) is 0 Å². The van der Waals surface area contributed by atoms with Crippen LogP contribution in [-0.4, -0.2) is 49.8 Å². The molecule has 24 heavy (non-hydrogen) atoms. The quantitative estimate of drug-likeness (QED) is 0.875. The van der Waals surface area contributed by atoms with Crippen molar-refractivity contribution in [3.63, 3.8) is 0 Å². The highest BCUT2D eigenvalue weighted by Crippen LogP contribution is 2.33. The molecule has 8 heteroatoms. The number of fused-ring (bicyclic) bond motifs is 1. The van der Waals surface area contributed by atoms with Crippen molar-refractivity contribution in [2.45, 2.75) is 23.5 Å². The van der Waals surface area contributed by atoms with E-state index in [4.69, 9.17) is 9.47 Å². The van der Waals surface area contributed by atoms with Gasteiger partial charge >= 0.3 is 0 Å². The zero-order valence-electron chi connectivity index (χ0n) is 13.0. The van der Waals surface area contributed by atoms with Gasteiger partial charge in [-0.05, 0) is 29.7 Å². The Kier molecular flexibility index (Phi) is 3.72. The summed E-state index contributed by atoms with van der Waals surface area (Å²) < 4.78 is 38.5. The molecule has 2 aromatic rings. The van der Waals surface area contributed by atoms with E-state index in [1.165, 1.54) is 16.4 Å². The lowest BCUT2D eigenvalue weighted by atomic mass is 10.1. The average molecular weight is 350 g/mol. The summed E-state index contributed by atoms with van der Waals surface area (Å²) in [5.74, 6) is -0.602. The molecule has 7 nitrogen and oxygen atoms in total. The molecule has 0 aliphatic carbocycles. The van der Waals surface area contributed by atoms with Crippen molar-refractivity contribution >= 4 is 20.9 Å². The molecule has 1 aromatic carbocycles. The number of hydrogen-bond acceptors (Lipinski definition) is 5. The van der Waals surface area contributed by atoms with E-state index >= 15 is 0 Å². The third kappa shape index (κ3) is 2.65. The number of H-pyrrole nitrogens is 1. The molecule has 128 valence electrons. The molecule has 0 unspecified atom stereocenters. The second kappa shape index (κ2) is 5.66. The molecule has 2 aliphatic heterocycles. The second-order valence-electron chi connectivity index (χ2n) is 6.08. The van der Waals surface area contributed by atoms with E-state index in [2.05, 4.69) is 4.98 Å². The van der Waals surface area contributed by atoms with E-state index in [1.807, 2.05) is 0 Å². The fraction of sp³-hybridized carbons (Fsp3) is 0.438. The van der Waals surface area contributed by atoms with Crippen LogP contribution in [0.15, 0.2) is 40.0 Å². The minimum Gasteiger partial charge on any atom is -0.347 e. The van der Waals surface area contributed by atoms with Crippen LogP contribution in [0.1, 0.15) is 12.8 Å². The molecule has 3 heterocycles. The molecule has 1 aromatic heterocycles. The minimum atomic E-state index is -3.58. The van der Waals surface area contributed by atoms with Crippen molar-refractivity contribution in [3.8, 4) is 0 Å². The molecule has 1 spiro atoms. The summed E-state index contributed by atoms with van der Waals surface area (Å²) in [6, 6.07) is 7.75. The Labute approximate surface area is 139 Å². The first kappa shape index (κ1) is 15.8. The standard InChI is InChI=1S/C16H18N2O5S/c19-15-4-1-12-11-13(2-3-14(12)17-15)24(20,21)18-7-5-16(6-8-18)22-9-10-23-16/h1-4,11H,5-10H2,(H,17,19). The number of aromatic amines is 1. The Balaban J connectivity index is 1.61. The monoisotopic (exact) mass is 350 g/mol. The van der Waals surface area contributed by atoms with E-state index < -0.39 is 15.8 Å². The van der Waals surface area contributed by atoms with Crippen LogP contribution in [0.3, 0.4) is 0 Å². The van der Waals surface area contributed by atoms with Gasteiger partial charge in [-0.25, -0.2) is 8.42 Å². The maximum atomic E-state index is 12.9. The zero-order valence-corrected chi connectivity index (χ0v) is 13.8. The highest BCUT2D eigenvalue weighted by Gasteiger charge is 2.42. The van der Waals surface area contributed by atoms with E-state index in [-0.39, 0.29) is 10.5 Å².